The van der Waals surface area contributed by atoms with E-state index in [4.69, 9.17) is 0 Å². The number of carbonyl (C=O) groups excluding carboxylic acids is 1. The molecular weight excluding hydrogens is 334 g/mol. The molecule has 0 radical (unpaired) electrons. The maximum Gasteiger partial charge on any atom is 0.262 e. The third kappa shape index (κ3) is 2.62. The number of carbonyl (C=O) groups is 1. The van der Waals surface area contributed by atoms with E-state index in [1.165, 1.54) is 11.3 Å². The van der Waals surface area contributed by atoms with Crippen LogP contribution in [0.15, 0.2) is 59.1 Å². The Balaban J connectivity index is 1.81. The highest BCUT2D eigenvalue weighted by Gasteiger charge is 2.15. The second-order valence-corrected chi connectivity index (χ2v) is 6.25. The van der Waals surface area contributed by atoms with Gasteiger partial charge >= 0.3 is 0 Å². The molecule has 100 valence electrons. The smallest absolute Gasteiger partial charge is 0.262 e. The zero-order chi connectivity index (χ0) is 13.9. The molecule has 1 aromatic heterocycles. The molecule has 0 aliphatic rings. The van der Waals surface area contributed by atoms with Crippen LogP contribution >= 0.6 is 27.3 Å². The first-order valence-corrected chi connectivity index (χ1v) is 7.86. The minimum atomic E-state index is -0.0399. The number of hydrogen-bond acceptors (Lipinski definition) is 2. The molecular formula is C16H12BrNOS. The Labute approximate surface area is 129 Å². The van der Waals surface area contributed by atoms with Gasteiger partial charge < -0.3 is 5.32 Å². The topological polar surface area (TPSA) is 29.1 Å². The Kier molecular flexibility index (Phi) is 3.85. The molecule has 0 bridgehead atoms. The number of amides is 1. The summed E-state index contributed by atoms with van der Waals surface area (Å²) in [6.45, 7) is 0.542. The molecule has 1 heterocycles. The molecule has 0 saturated carbocycles. The van der Waals surface area contributed by atoms with Crippen molar-refractivity contribution >= 4 is 43.3 Å². The molecule has 4 heteroatoms. The van der Waals surface area contributed by atoms with Gasteiger partial charge in [-0.3, -0.25) is 4.79 Å². The van der Waals surface area contributed by atoms with Crippen LogP contribution in [0.3, 0.4) is 0 Å². The lowest BCUT2D eigenvalue weighted by atomic mass is 10.2. The van der Waals surface area contributed by atoms with Crippen molar-refractivity contribution < 1.29 is 4.79 Å². The van der Waals surface area contributed by atoms with Crippen LogP contribution in [-0.4, -0.2) is 5.91 Å². The van der Waals surface area contributed by atoms with Gasteiger partial charge in [-0.05, 0) is 27.6 Å². The third-order valence-corrected chi connectivity index (χ3v) is 5.29. The molecule has 0 saturated heterocycles. The highest BCUT2D eigenvalue weighted by Crippen LogP contribution is 2.35. The van der Waals surface area contributed by atoms with Gasteiger partial charge in [0.1, 0.15) is 4.88 Å². The van der Waals surface area contributed by atoms with Gasteiger partial charge in [-0.1, -0.05) is 48.5 Å². The maximum absolute atomic E-state index is 12.3. The van der Waals surface area contributed by atoms with Gasteiger partial charge in [-0.25, -0.2) is 0 Å². The van der Waals surface area contributed by atoms with Crippen LogP contribution in [0.5, 0.6) is 0 Å². The van der Waals surface area contributed by atoms with Crippen LogP contribution in [0.2, 0.25) is 0 Å². The van der Waals surface area contributed by atoms with Crippen LogP contribution in [0, 0.1) is 0 Å². The molecule has 3 aromatic rings. The fraction of sp³-hybridized carbons (Fsp3) is 0.0625. The van der Waals surface area contributed by atoms with Gasteiger partial charge in [0.05, 0.1) is 0 Å². The number of rotatable bonds is 3. The van der Waals surface area contributed by atoms with Gasteiger partial charge in [0.15, 0.2) is 0 Å². The van der Waals surface area contributed by atoms with Crippen LogP contribution in [0.25, 0.3) is 10.1 Å². The minimum Gasteiger partial charge on any atom is -0.347 e. The zero-order valence-corrected chi connectivity index (χ0v) is 13.0. The van der Waals surface area contributed by atoms with Crippen molar-refractivity contribution in [2.75, 3.05) is 0 Å². The fourth-order valence-electron chi connectivity index (χ4n) is 2.02. The molecule has 0 aliphatic heterocycles. The maximum atomic E-state index is 12.3. The SMILES string of the molecule is O=C(NCc1ccccc1)c1sc2ccccc2c1Br. The van der Waals surface area contributed by atoms with E-state index in [2.05, 4.69) is 21.2 Å². The van der Waals surface area contributed by atoms with Gasteiger partial charge in [-0.15, -0.1) is 11.3 Å². The molecule has 0 spiro atoms. The Morgan fingerprint density at radius 2 is 1.75 bits per heavy atom. The monoisotopic (exact) mass is 345 g/mol. The second-order valence-electron chi connectivity index (χ2n) is 4.41. The van der Waals surface area contributed by atoms with Crippen LogP contribution in [0.1, 0.15) is 15.2 Å². The summed E-state index contributed by atoms with van der Waals surface area (Å²) in [6, 6.07) is 17.9. The van der Waals surface area contributed by atoms with Crippen LogP contribution in [0.4, 0.5) is 0 Å². The average molecular weight is 346 g/mol. The summed E-state index contributed by atoms with van der Waals surface area (Å²) in [6.07, 6.45) is 0. The molecule has 0 aliphatic carbocycles. The Morgan fingerprint density at radius 3 is 2.50 bits per heavy atom. The molecule has 2 aromatic carbocycles. The fourth-order valence-corrected chi connectivity index (χ4v) is 3.93. The van der Waals surface area contributed by atoms with Gasteiger partial charge in [0.25, 0.3) is 5.91 Å². The van der Waals surface area contributed by atoms with E-state index in [1.807, 2.05) is 54.6 Å². The number of hydrogen-bond donors (Lipinski definition) is 1. The average Bonchev–Trinajstić information content (AvgIpc) is 2.84. The van der Waals surface area contributed by atoms with Crippen molar-refractivity contribution in [3.05, 3.63) is 69.5 Å². The number of thiophene rings is 1. The van der Waals surface area contributed by atoms with E-state index in [0.717, 1.165) is 25.0 Å². The van der Waals surface area contributed by atoms with Crippen molar-refractivity contribution in [1.29, 1.82) is 0 Å². The molecule has 20 heavy (non-hydrogen) atoms. The molecule has 3 rings (SSSR count). The van der Waals surface area contributed by atoms with E-state index in [-0.39, 0.29) is 5.91 Å². The lowest BCUT2D eigenvalue weighted by molar-refractivity contribution is 0.0954. The number of nitrogens with one attached hydrogen (secondary N) is 1. The van der Waals surface area contributed by atoms with Crippen molar-refractivity contribution in [2.45, 2.75) is 6.54 Å². The minimum absolute atomic E-state index is 0.0399. The molecule has 1 N–H and O–H groups in total. The quantitative estimate of drug-likeness (QED) is 0.738. The summed E-state index contributed by atoms with van der Waals surface area (Å²) in [5.74, 6) is -0.0399. The number of halogens is 1. The van der Waals surface area contributed by atoms with Crippen LogP contribution in [-0.2, 0) is 6.54 Å². The molecule has 1 amide bonds. The summed E-state index contributed by atoms with van der Waals surface area (Å²) < 4.78 is 1.99. The molecule has 0 atom stereocenters. The molecule has 0 fully saturated rings. The summed E-state index contributed by atoms with van der Waals surface area (Å²) in [5, 5.41) is 4.04. The van der Waals surface area contributed by atoms with E-state index in [0.29, 0.717) is 6.54 Å². The summed E-state index contributed by atoms with van der Waals surface area (Å²) in [7, 11) is 0. The first-order chi connectivity index (χ1) is 9.75. The Morgan fingerprint density at radius 1 is 1.05 bits per heavy atom. The Hall–Kier alpha value is -1.65. The summed E-state index contributed by atoms with van der Waals surface area (Å²) in [4.78, 5) is 13.0. The van der Waals surface area contributed by atoms with E-state index in [9.17, 15) is 4.79 Å². The summed E-state index contributed by atoms with van der Waals surface area (Å²) in [5.41, 5.74) is 1.10. The molecule has 0 unspecified atom stereocenters. The van der Waals surface area contributed by atoms with Gasteiger partial charge in [0.2, 0.25) is 0 Å². The van der Waals surface area contributed by atoms with E-state index in [1.54, 1.807) is 0 Å². The van der Waals surface area contributed by atoms with Crippen molar-refractivity contribution in [3.63, 3.8) is 0 Å². The van der Waals surface area contributed by atoms with E-state index < -0.39 is 0 Å². The number of benzene rings is 2. The first kappa shape index (κ1) is 13.3. The largest absolute Gasteiger partial charge is 0.347 e. The third-order valence-electron chi connectivity index (χ3n) is 3.04. The van der Waals surface area contributed by atoms with Gasteiger partial charge in [0, 0.05) is 21.1 Å². The standard InChI is InChI=1S/C16H12BrNOS/c17-14-12-8-4-5-9-13(12)20-15(14)16(19)18-10-11-6-2-1-3-7-11/h1-9H,10H2,(H,18,19). The highest BCUT2D eigenvalue weighted by molar-refractivity contribution is 9.10. The van der Waals surface area contributed by atoms with Crippen LogP contribution < -0.4 is 5.32 Å². The predicted octanol–water partition coefficient (Wildman–Crippen LogP) is 4.59. The second kappa shape index (κ2) is 5.77. The van der Waals surface area contributed by atoms with E-state index >= 15 is 0 Å². The predicted molar refractivity (Wildman–Crippen MR) is 87.1 cm³/mol. The normalized spacial score (nSPS) is 10.7. The lowest BCUT2D eigenvalue weighted by Gasteiger charge is -2.04. The van der Waals surface area contributed by atoms with Gasteiger partial charge in [-0.2, -0.15) is 0 Å². The van der Waals surface area contributed by atoms with Crippen molar-refractivity contribution in [1.82, 2.24) is 5.32 Å². The molecule has 2 nitrogen and oxygen atoms in total. The zero-order valence-electron chi connectivity index (χ0n) is 10.6. The number of fused-ring (bicyclic) bond motifs is 1. The Bertz CT molecular complexity index is 752. The lowest BCUT2D eigenvalue weighted by Crippen LogP contribution is -2.22. The first-order valence-electron chi connectivity index (χ1n) is 6.25. The van der Waals surface area contributed by atoms with Crippen molar-refractivity contribution in [2.24, 2.45) is 0 Å². The highest BCUT2D eigenvalue weighted by atomic mass is 79.9. The summed E-state index contributed by atoms with van der Waals surface area (Å²) >= 11 is 5.04. The van der Waals surface area contributed by atoms with Crippen molar-refractivity contribution in [3.8, 4) is 0 Å².